The Hall–Kier alpha value is -0.900. The van der Waals surface area contributed by atoms with Crippen LogP contribution in [0.15, 0.2) is 24.3 Å². The molecule has 0 unspecified atom stereocenters. The molecule has 0 saturated carbocycles. The molecule has 0 bridgehead atoms. The largest absolute Gasteiger partial charge is 0.376 e. The number of hydrogen-bond acceptors (Lipinski definition) is 3. The lowest BCUT2D eigenvalue weighted by molar-refractivity contribution is 0.0143. The molecule has 1 aromatic carbocycles. The molecule has 0 saturated heterocycles. The molecule has 1 rings (SSSR count). The van der Waals surface area contributed by atoms with Crippen LogP contribution in [0.1, 0.15) is 31.9 Å². The standard InChI is InChI=1S/C15H25NO2/c1-4-16-11-14-6-5-7-15(10-14)12-17-8-9-18-13(2)3/h5-7,10,13,16H,4,8-9,11-12H2,1-3H3. The Morgan fingerprint density at radius 1 is 1.17 bits per heavy atom. The first-order valence-electron chi connectivity index (χ1n) is 6.70. The average Bonchev–Trinajstić information content (AvgIpc) is 2.36. The second-order valence-electron chi connectivity index (χ2n) is 4.57. The van der Waals surface area contributed by atoms with Crippen molar-refractivity contribution in [3.05, 3.63) is 35.4 Å². The zero-order chi connectivity index (χ0) is 13.2. The second kappa shape index (κ2) is 9.09. The Bertz CT molecular complexity index is 326. The first kappa shape index (κ1) is 15.2. The van der Waals surface area contributed by atoms with Crippen LogP contribution in [-0.2, 0) is 22.6 Å². The molecule has 0 radical (unpaired) electrons. The molecule has 3 nitrogen and oxygen atoms in total. The van der Waals surface area contributed by atoms with E-state index in [0.29, 0.717) is 19.8 Å². The van der Waals surface area contributed by atoms with E-state index in [9.17, 15) is 0 Å². The van der Waals surface area contributed by atoms with Crippen LogP contribution in [-0.4, -0.2) is 25.9 Å². The van der Waals surface area contributed by atoms with E-state index >= 15 is 0 Å². The summed E-state index contributed by atoms with van der Waals surface area (Å²) in [5.41, 5.74) is 2.52. The summed E-state index contributed by atoms with van der Waals surface area (Å²) in [5.74, 6) is 0. The van der Waals surface area contributed by atoms with Gasteiger partial charge in [-0.1, -0.05) is 31.2 Å². The molecular weight excluding hydrogens is 226 g/mol. The van der Waals surface area contributed by atoms with E-state index in [2.05, 4.69) is 36.5 Å². The maximum atomic E-state index is 5.58. The van der Waals surface area contributed by atoms with Crippen LogP contribution >= 0.6 is 0 Å². The minimum Gasteiger partial charge on any atom is -0.376 e. The Morgan fingerprint density at radius 2 is 1.94 bits per heavy atom. The van der Waals surface area contributed by atoms with Crippen molar-refractivity contribution in [2.75, 3.05) is 19.8 Å². The van der Waals surface area contributed by atoms with Gasteiger partial charge in [0.1, 0.15) is 0 Å². The lowest BCUT2D eigenvalue weighted by Gasteiger charge is -2.09. The van der Waals surface area contributed by atoms with E-state index in [-0.39, 0.29) is 6.10 Å². The van der Waals surface area contributed by atoms with Gasteiger partial charge in [-0.15, -0.1) is 0 Å². The summed E-state index contributed by atoms with van der Waals surface area (Å²) in [4.78, 5) is 0. The van der Waals surface area contributed by atoms with E-state index in [1.54, 1.807) is 0 Å². The van der Waals surface area contributed by atoms with Gasteiger partial charge in [-0.3, -0.25) is 0 Å². The Balaban J connectivity index is 2.24. The van der Waals surface area contributed by atoms with E-state index in [0.717, 1.165) is 13.1 Å². The van der Waals surface area contributed by atoms with Gasteiger partial charge < -0.3 is 14.8 Å². The van der Waals surface area contributed by atoms with Crippen LogP contribution in [0.5, 0.6) is 0 Å². The molecule has 0 spiro atoms. The molecule has 0 fully saturated rings. The predicted molar refractivity (Wildman–Crippen MR) is 74.6 cm³/mol. The summed E-state index contributed by atoms with van der Waals surface area (Å²) >= 11 is 0. The third-order valence-corrected chi connectivity index (χ3v) is 2.52. The third-order valence-electron chi connectivity index (χ3n) is 2.52. The molecule has 0 aromatic heterocycles. The monoisotopic (exact) mass is 251 g/mol. The summed E-state index contributed by atoms with van der Waals surface area (Å²) in [7, 11) is 0. The van der Waals surface area contributed by atoms with Crippen molar-refractivity contribution in [1.82, 2.24) is 5.32 Å². The maximum absolute atomic E-state index is 5.58. The van der Waals surface area contributed by atoms with Gasteiger partial charge in [-0.2, -0.15) is 0 Å². The highest BCUT2D eigenvalue weighted by molar-refractivity contribution is 5.22. The summed E-state index contributed by atoms with van der Waals surface area (Å²) in [6.07, 6.45) is 0.275. The van der Waals surface area contributed by atoms with Crippen LogP contribution in [0.2, 0.25) is 0 Å². The number of hydrogen-bond donors (Lipinski definition) is 1. The number of nitrogens with one attached hydrogen (secondary N) is 1. The molecule has 0 heterocycles. The normalized spacial score (nSPS) is 11.1. The zero-order valence-electron chi connectivity index (χ0n) is 11.7. The molecule has 0 aliphatic heterocycles. The summed E-state index contributed by atoms with van der Waals surface area (Å²) in [6.45, 7) is 10.1. The van der Waals surface area contributed by atoms with Gasteiger partial charge in [0.15, 0.2) is 0 Å². The Morgan fingerprint density at radius 3 is 2.67 bits per heavy atom. The topological polar surface area (TPSA) is 30.5 Å². The molecule has 0 aliphatic carbocycles. The molecular formula is C15H25NO2. The van der Waals surface area contributed by atoms with Crippen molar-refractivity contribution in [3.63, 3.8) is 0 Å². The van der Waals surface area contributed by atoms with Gasteiger partial charge >= 0.3 is 0 Å². The predicted octanol–water partition coefficient (Wildman–Crippen LogP) is 2.74. The van der Waals surface area contributed by atoms with Crippen LogP contribution in [0.4, 0.5) is 0 Å². The van der Waals surface area contributed by atoms with Crippen LogP contribution in [0, 0.1) is 0 Å². The average molecular weight is 251 g/mol. The van der Waals surface area contributed by atoms with E-state index in [4.69, 9.17) is 9.47 Å². The first-order chi connectivity index (χ1) is 8.72. The highest BCUT2D eigenvalue weighted by atomic mass is 16.5. The Labute approximate surface area is 110 Å². The SMILES string of the molecule is CCNCc1cccc(COCCOC(C)C)c1. The fourth-order valence-electron chi connectivity index (χ4n) is 1.63. The van der Waals surface area contributed by atoms with Gasteiger partial charge in [0.05, 0.1) is 25.9 Å². The maximum Gasteiger partial charge on any atom is 0.0718 e. The van der Waals surface area contributed by atoms with E-state index in [1.807, 2.05) is 13.8 Å². The lowest BCUT2D eigenvalue weighted by Crippen LogP contribution is -2.12. The van der Waals surface area contributed by atoms with Crippen molar-refractivity contribution in [1.29, 1.82) is 0 Å². The highest BCUT2D eigenvalue weighted by Gasteiger charge is 1.97. The van der Waals surface area contributed by atoms with Crippen molar-refractivity contribution in [2.45, 2.75) is 40.0 Å². The Kier molecular flexibility index (Phi) is 7.65. The van der Waals surface area contributed by atoms with Crippen molar-refractivity contribution < 1.29 is 9.47 Å². The van der Waals surface area contributed by atoms with Gasteiger partial charge in [-0.25, -0.2) is 0 Å². The molecule has 0 amide bonds. The molecule has 0 atom stereocenters. The van der Waals surface area contributed by atoms with Crippen molar-refractivity contribution in [2.24, 2.45) is 0 Å². The molecule has 102 valence electrons. The summed E-state index contributed by atoms with van der Waals surface area (Å²) < 4.78 is 11.0. The minimum atomic E-state index is 0.275. The number of benzene rings is 1. The van der Waals surface area contributed by atoms with Crippen molar-refractivity contribution in [3.8, 4) is 0 Å². The molecule has 0 aliphatic rings. The van der Waals surface area contributed by atoms with Crippen LogP contribution in [0.25, 0.3) is 0 Å². The lowest BCUT2D eigenvalue weighted by atomic mass is 10.1. The van der Waals surface area contributed by atoms with Crippen molar-refractivity contribution >= 4 is 0 Å². The smallest absolute Gasteiger partial charge is 0.0718 e. The van der Waals surface area contributed by atoms with Gasteiger partial charge in [0.25, 0.3) is 0 Å². The first-order valence-corrected chi connectivity index (χ1v) is 6.70. The van der Waals surface area contributed by atoms with Crippen LogP contribution < -0.4 is 5.32 Å². The summed E-state index contributed by atoms with van der Waals surface area (Å²) in [6, 6.07) is 8.49. The molecule has 1 aromatic rings. The fourth-order valence-corrected chi connectivity index (χ4v) is 1.63. The highest BCUT2D eigenvalue weighted by Crippen LogP contribution is 2.06. The minimum absolute atomic E-state index is 0.275. The fraction of sp³-hybridized carbons (Fsp3) is 0.600. The third kappa shape index (κ3) is 6.74. The van der Waals surface area contributed by atoms with Gasteiger partial charge in [0.2, 0.25) is 0 Å². The van der Waals surface area contributed by atoms with Gasteiger partial charge in [-0.05, 0) is 31.5 Å². The van der Waals surface area contributed by atoms with Crippen LogP contribution in [0.3, 0.4) is 0 Å². The second-order valence-corrected chi connectivity index (χ2v) is 4.57. The van der Waals surface area contributed by atoms with E-state index < -0.39 is 0 Å². The zero-order valence-corrected chi connectivity index (χ0v) is 11.7. The molecule has 3 heteroatoms. The molecule has 18 heavy (non-hydrogen) atoms. The summed E-state index contributed by atoms with van der Waals surface area (Å²) in [5, 5.41) is 3.32. The quantitative estimate of drug-likeness (QED) is 0.685. The van der Waals surface area contributed by atoms with Gasteiger partial charge in [0, 0.05) is 6.54 Å². The number of rotatable bonds is 9. The molecule has 1 N–H and O–H groups in total. The number of ether oxygens (including phenoxy) is 2. The van der Waals surface area contributed by atoms with E-state index in [1.165, 1.54) is 11.1 Å².